The van der Waals surface area contributed by atoms with Gasteiger partial charge in [0.2, 0.25) is 10.0 Å². The number of aromatic nitrogens is 1. The summed E-state index contributed by atoms with van der Waals surface area (Å²) >= 11 is 1.01. The highest BCUT2D eigenvalue weighted by molar-refractivity contribution is 7.89. The number of likely N-dealkylation sites (N-methyl/N-ethyl adjacent to an activating group) is 1. The molecule has 1 heterocycles. The molecule has 0 aliphatic heterocycles. The second kappa shape index (κ2) is 5.39. The Labute approximate surface area is 111 Å². The van der Waals surface area contributed by atoms with Crippen molar-refractivity contribution in [3.63, 3.8) is 0 Å². The molecule has 1 atom stereocenters. The molecular weight excluding hydrogens is 276 g/mol. The third-order valence-electron chi connectivity index (χ3n) is 2.64. The molecule has 3 N–H and O–H groups in total. The van der Waals surface area contributed by atoms with Crippen molar-refractivity contribution >= 4 is 32.4 Å². The van der Waals surface area contributed by atoms with Crippen molar-refractivity contribution in [1.82, 2.24) is 8.68 Å². The number of hydrogen-bond acceptors (Lipinski definition) is 7. The first-order chi connectivity index (χ1) is 8.23. The van der Waals surface area contributed by atoms with E-state index in [1.54, 1.807) is 18.9 Å². The van der Waals surface area contributed by atoms with E-state index in [9.17, 15) is 8.42 Å². The molecular formula is C9H18N4O3S2. The molecule has 0 aromatic carbocycles. The van der Waals surface area contributed by atoms with Gasteiger partial charge >= 0.3 is 0 Å². The van der Waals surface area contributed by atoms with Crippen LogP contribution in [-0.2, 0) is 10.0 Å². The van der Waals surface area contributed by atoms with E-state index < -0.39 is 10.0 Å². The number of aliphatic hydroxyl groups is 1. The Hall–Kier alpha value is -0.900. The van der Waals surface area contributed by atoms with E-state index in [0.29, 0.717) is 5.00 Å². The number of sulfonamides is 1. The molecule has 0 saturated heterocycles. The Balaban J connectivity index is 3.34. The van der Waals surface area contributed by atoms with Crippen molar-refractivity contribution in [2.45, 2.75) is 17.9 Å². The third kappa shape index (κ3) is 2.58. The summed E-state index contributed by atoms with van der Waals surface area (Å²) in [5.74, 6) is -0.0133. The first-order valence-electron chi connectivity index (χ1n) is 5.24. The number of hydrogen-bond donors (Lipinski definition) is 2. The van der Waals surface area contributed by atoms with Gasteiger partial charge in [-0.2, -0.15) is 4.37 Å². The van der Waals surface area contributed by atoms with Crippen molar-refractivity contribution in [2.75, 3.05) is 38.4 Å². The van der Waals surface area contributed by atoms with E-state index in [0.717, 1.165) is 15.8 Å². The lowest BCUT2D eigenvalue weighted by Gasteiger charge is -2.25. The summed E-state index contributed by atoms with van der Waals surface area (Å²) in [6, 6.07) is -0.221. The van der Waals surface area contributed by atoms with Gasteiger partial charge in [0, 0.05) is 27.2 Å². The van der Waals surface area contributed by atoms with Crippen LogP contribution in [0.4, 0.5) is 10.8 Å². The molecule has 0 aliphatic rings. The van der Waals surface area contributed by atoms with Gasteiger partial charge in [-0.05, 0) is 18.5 Å². The minimum atomic E-state index is -3.65. The smallest absolute Gasteiger partial charge is 0.249 e. The van der Waals surface area contributed by atoms with Gasteiger partial charge in [0.15, 0.2) is 10.7 Å². The van der Waals surface area contributed by atoms with E-state index in [4.69, 9.17) is 10.8 Å². The van der Waals surface area contributed by atoms with Crippen molar-refractivity contribution in [3.8, 4) is 0 Å². The molecule has 104 valence electrons. The highest BCUT2D eigenvalue weighted by Crippen LogP contribution is 2.36. The van der Waals surface area contributed by atoms with Gasteiger partial charge in [-0.3, -0.25) is 0 Å². The Morgan fingerprint density at radius 2 is 2.00 bits per heavy atom. The molecule has 18 heavy (non-hydrogen) atoms. The Kier molecular flexibility index (Phi) is 4.54. The summed E-state index contributed by atoms with van der Waals surface area (Å²) in [5.41, 5.74) is 5.65. The van der Waals surface area contributed by atoms with E-state index in [-0.39, 0.29) is 23.4 Å². The number of nitrogen functional groups attached to an aromatic ring is 1. The minimum Gasteiger partial charge on any atom is -0.394 e. The Bertz CT molecular complexity index is 512. The first-order valence-corrected chi connectivity index (χ1v) is 7.46. The molecule has 1 unspecified atom stereocenters. The molecule has 1 aromatic rings. The van der Waals surface area contributed by atoms with Crippen LogP contribution in [0.25, 0.3) is 0 Å². The zero-order valence-electron chi connectivity index (χ0n) is 10.8. The summed E-state index contributed by atoms with van der Waals surface area (Å²) in [6.07, 6.45) is 0. The standard InChI is InChI=1S/C9H18N4O3S2/c1-6(5-14)13(4)9-7(8(10)11-17-9)18(15,16)12(2)3/h6,14H,5H2,1-4H3,(H2,10,11). The van der Waals surface area contributed by atoms with Crippen LogP contribution in [0.2, 0.25) is 0 Å². The van der Waals surface area contributed by atoms with E-state index in [1.165, 1.54) is 14.1 Å². The van der Waals surface area contributed by atoms with Crippen LogP contribution in [0.3, 0.4) is 0 Å². The third-order valence-corrected chi connectivity index (χ3v) is 5.60. The van der Waals surface area contributed by atoms with Crippen LogP contribution in [-0.4, -0.2) is 56.0 Å². The summed E-state index contributed by atoms with van der Waals surface area (Å²) < 4.78 is 29.3. The number of rotatable bonds is 5. The van der Waals surface area contributed by atoms with Crippen LogP contribution >= 0.6 is 11.5 Å². The predicted molar refractivity (Wildman–Crippen MR) is 72.4 cm³/mol. The maximum Gasteiger partial charge on any atom is 0.249 e. The lowest BCUT2D eigenvalue weighted by Crippen LogP contribution is -2.33. The van der Waals surface area contributed by atoms with Gasteiger partial charge in [0.25, 0.3) is 0 Å². The van der Waals surface area contributed by atoms with Crippen molar-refractivity contribution in [1.29, 1.82) is 0 Å². The minimum absolute atomic E-state index is 0.000278. The molecule has 7 nitrogen and oxygen atoms in total. The van der Waals surface area contributed by atoms with Gasteiger partial charge in [-0.1, -0.05) is 0 Å². The first kappa shape index (κ1) is 15.2. The highest BCUT2D eigenvalue weighted by Gasteiger charge is 2.30. The predicted octanol–water partition coefficient (Wildman–Crippen LogP) is -0.207. The Morgan fingerprint density at radius 1 is 1.44 bits per heavy atom. The number of aliphatic hydroxyl groups excluding tert-OH is 1. The largest absolute Gasteiger partial charge is 0.394 e. The second-order valence-corrected chi connectivity index (χ2v) is 6.97. The summed E-state index contributed by atoms with van der Waals surface area (Å²) in [6.45, 7) is 1.69. The summed E-state index contributed by atoms with van der Waals surface area (Å²) in [5, 5.41) is 9.56. The van der Waals surface area contributed by atoms with Gasteiger partial charge in [-0.15, -0.1) is 0 Å². The van der Waals surface area contributed by atoms with Crippen LogP contribution in [0.5, 0.6) is 0 Å². The van der Waals surface area contributed by atoms with Gasteiger partial charge < -0.3 is 15.7 Å². The van der Waals surface area contributed by atoms with Crippen LogP contribution < -0.4 is 10.6 Å². The number of nitrogens with zero attached hydrogens (tertiary/aromatic N) is 3. The molecule has 0 fully saturated rings. The summed E-state index contributed by atoms with van der Waals surface area (Å²) in [4.78, 5) is 1.66. The monoisotopic (exact) mass is 294 g/mol. The zero-order chi connectivity index (χ0) is 14.1. The van der Waals surface area contributed by atoms with Crippen molar-refractivity contribution in [2.24, 2.45) is 0 Å². The second-order valence-electron chi connectivity index (χ2n) is 4.13. The number of anilines is 2. The number of nitrogens with two attached hydrogens (primary N) is 1. The SMILES string of the molecule is CC(CO)N(C)c1snc(N)c1S(=O)(=O)N(C)C. The topological polar surface area (TPSA) is 99.8 Å². The fourth-order valence-corrected chi connectivity index (χ4v) is 3.55. The molecule has 0 amide bonds. The van der Waals surface area contributed by atoms with Gasteiger partial charge in [0.1, 0.15) is 5.00 Å². The lowest BCUT2D eigenvalue weighted by atomic mass is 10.3. The zero-order valence-corrected chi connectivity index (χ0v) is 12.4. The van der Waals surface area contributed by atoms with E-state index in [1.807, 2.05) is 0 Å². The van der Waals surface area contributed by atoms with Gasteiger partial charge in [-0.25, -0.2) is 12.7 Å². The molecule has 0 radical (unpaired) electrons. The van der Waals surface area contributed by atoms with Gasteiger partial charge in [0.05, 0.1) is 6.61 Å². The molecule has 9 heteroatoms. The average Bonchev–Trinajstić information content (AvgIpc) is 2.69. The van der Waals surface area contributed by atoms with E-state index in [2.05, 4.69) is 4.37 Å². The maximum absolute atomic E-state index is 12.2. The Morgan fingerprint density at radius 3 is 2.44 bits per heavy atom. The van der Waals surface area contributed by atoms with Crippen LogP contribution in [0, 0.1) is 0 Å². The molecule has 1 rings (SSSR count). The summed E-state index contributed by atoms with van der Waals surface area (Å²) in [7, 11) is 0.921. The molecule has 0 spiro atoms. The molecule has 0 aliphatic carbocycles. The van der Waals surface area contributed by atoms with Crippen molar-refractivity contribution in [3.05, 3.63) is 0 Å². The van der Waals surface area contributed by atoms with Crippen LogP contribution in [0.15, 0.2) is 4.90 Å². The molecule has 0 bridgehead atoms. The molecule has 0 saturated carbocycles. The normalized spacial score (nSPS) is 13.9. The lowest BCUT2D eigenvalue weighted by molar-refractivity contribution is 0.270. The quantitative estimate of drug-likeness (QED) is 0.779. The van der Waals surface area contributed by atoms with Crippen LogP contribution in [0.1, 0.15) is 6.92 Å². The van der Waals surface area contributed by atoms with Crippen molar-refractivity contribution < 1.29 is 13.5 Å². The average molecular weight is 294 g/mol. The van der Waals surface area contributed by atoms with E-state index >= 15 is 0 Å². The fraction of sp³-hybridized carbons (Fsp3) is 0.667. The fourth-order valence-electron chi connectivity index (χ4n) is 1.26. The molecule has 1 aromatic heterocycles. The maximum atomic E-state index is 12.2. The highest BCUT2D eigenvalue weighted by atomic mass is 32.2.